The third-order valence-electron chi connectivity index (χ3n) is 7.94. The zero-order chi connectivity index (χ0) is 27.3. The molecule has 6 rings (SSSR count). The fourth-order valence-corrected chi connectivity index (χ4v) is 5.80. The van der Waals surface area contributed by atoms with E-state index in [9.17, 15) is 9.50 Å². The summed E-state index contributed by atoms with van der Waals surface area (Å²) in [6.07, 6.45) is 11.4. The van der Waals surface area contributed by atoms with E-state index in [-0.39, 0.29) is 28.1 Å². The van der Waals surface area contributed by atoms with Gasteiger partial charge in [0.2, 0.25) is 5.95 Å². The van der Waals surface area contributed by atoms with Crippen LogP contribution in [0, 0.1) is 24.0 Å². The van der Waals surface area contributed by atoms with Crippen molar-refractivity contribution >= 4 is 33.4 Å². The Bertz CT molecular complexity index is 1630. The van der Waals surface area contributed by atoms with Crippen LogP contribution in [0.3, 0.4) is 0 Å². The van der Waals surface area contributed by atoms with Crippen molar-refractivity contribution in [2.45, 2.75) is 31.7 Å². The van der Waals surface area contributed by atoms with Gasteiger partial charge in [0.1, 0.15) is 28.6 Å². The number of rotatable bonds is 4. The maximum atomic E-state index is 16.5. The lowest BCUT2D eigenvalue weighted by atomic mass is 9.96. The second-order valence-corrected chi connectivity index (χ2v) is 10.6. The third-order valence-corrected chi connectivity index (χ3v) is 7.94. The van der Waals surface area contributed by atoms with E-state index in [1.165, 1.54) is 24.3 Å². The Morgan fingerprint density at radius 1 is 1.05 bits per heavy atom. The van der Waals surface area contributed by atoms with Crippen molar-refractivity contribution in [2.75, 3.05) is 50.1 Å². The minimum Gasteiger partial charge on any atom is -0.508 e. The number of phenols is 1. The summed E-state index contributed by atoms with van der Waals surface area (Å²) >= 11 is 0. The highest BCUT2D eigenvalue weighted by Gasteiger charge is 2.29. The van der Waals surface area contributed by atoms with E-state index in [0.717, 1.165) is 51.9 Å². The van der Waals surface area contributed by atoms with E-state index >= 15 is 4.39 Å². The quantitative estimate of drug-likeness (QED) is 0.376. The summed E-state index contributed by atoms with van der Waals surface area (Å²) in [6.45, 7) is 3.18. The summed E-state index contributed by atoms with van der Waals surface area (Å²) in [5.41, 5.74) is 0.305. The number of anilines is 2. The normalized spacial score (nSPS) is 17.9. The fourth-order valence-electron chi connectivity index (χ4n) is 5.80. The molecule has 39 heavy (non-hydrogen) atoms. The number of hydrogen-bond donors (Lipinski definition) is 1. The molecule has 9 heteroatoms. The van der Waals surface area contributed by atoms with Crippen LogP contribution in [0.5, 0.6) is 5.75 Å². The van der Waals surface area contributed by atoms with Crippen LogP contribution < -0.4 is 9.80 Å². The number of aromatic nitrogens is 3. The highest BCUT2D eigenvalue weighted by Crippen LogP contribution is 2.39. The predicted octanol–water partition coefficient (Wildman–Crippen LogP) is 4.94. The second-order valence-electron chi connectivity index (χ2n) is 10.6. The highest BCUT2D eigenvalue weighted by molar-refractivity contribution is 6.03. The molecule has 200 valence electrons. The van der Waals surface area contributed by atoms with Gasteiger partial charge in [-0.2, -0.15) is 4.98 Å². The molecule has 2 fully saturated rings. The summed E-state index contributed by atoms with van der Waals surface area (Å²) in [7, 11) is 4.11. The van der Waals surface area contributed by atoms with Gasteiger partial charge in [0.05, 0.1) is 10.9 Å². The van der Waals surface area contributed by atoms with Gasteiger partial charge in [-0.25, -0.2) is 13.8 Å². The van der Waals surface area contributed by atoms with Crippen LogP contribution in [0.15, 0.2) is 30.5 Å². The topological polar surface area (TPSA) is 68.6 Å². The lowest BCUT2D eigenvalue weighted by molar-refractivity contribution is 0.315. The average molecular weight is 529 g/mol. The molecule has 1 N–H and O–H groups in total. The van der Waals surface area contributed by atoms with Crippen molar-refractivity contribution in [2.24, 2.45) is 0 Å². The Balaban J connectivity index is 1.58. The van der Waals surface area contributed by atoms with Gasteiger partial charge in [0.25, 0.3) is 0 Å². The number of phenolic OH excluding ortho intramolecular Hbond substituents is 1. The van der Waals surface area contributed by atoms with Crippen LogP contribution >= 0.6 is 0 Å². The molecule has 2 saturated heterocycles. The van der Waals surface area contributed by atoms with Crippen LogP contribution in [0.25, 0.3) is 32.9 Å². The predicted molar refractivity (Wildman–Crippen MR) is 150 cm³/mol. The van der Waals surface area contributed by atoms with E-state index in [4.69, 9.17) is 16.4 Å². The molecule has 1 unspecified atom stereocenters. The summed E-state index contributed by atoms with van der Waals surface area (Å²) < 4.78 is 31.2. The average Bonchev–Trinajstić information content (AvgIpc) is 3.44. The molecule has 2 aliphatic rings. The third kappa shape index (κ3) is 4.39. The molecule has 0 radical (unpaired) electrons. The monoisotopic (exact) mass is 528 g/mol. The van der Waals surface area contributed by atoms with Crippen LogP contribution in [0.1, 0.15) is 31.2 Å². The number of fused-ring (bicyclic) bond motifs is 2. The van der Waals surface area contributed by atoms with Gasteiger partial charge in [-0.3, -0.25) is 4.98 Å². The molecule has 1 atom stereocenters. The summed E-state index contributed by atoms with van der Waals surface area (Å²) in [4.78, 5) is 20.6. The molecule has 7 nitrogen and oxygen atoms in total. The Kier molecular flexibility index (Phi) is 6.43. The maximum absolute atomic E-state index is 16.5. The second kappa shape index (κ2) is 9.93. The molecule has 0 spiro atoms. The van der Waals surface area contributed by atoms with Crippen molar-refractivity contribution < 1.29 is 13.9 Å². The maximum Gasteiger partial charge on any atom is 0.228 e. The number of halogens is 2. The molecule has 0 amide bonds. The summed E-state index contributed by atoms with van der Waals surface area (Å²) in [6, 6.07) is 5.96. The van der Waals surface area contributed by atoms with Crippen LogP contribution in [0.2, 0.25) is 0 Å². The smallest absolute Gasteiger partial charge is 0.228 e. The number of likely N-dealkylation sites (N-methyl/N-ethyl adjacent to an activating group) is 1. The van der Waals surface area contributed by atoms with Gasteiger partial charge in [-0.15, -0.1) is 6.42 Å². The molecular formula is C30H30F2N6O. The molecule has 0 bridgehead atoms. The van der Waals surface area contributed by atoms with Gasteiger partial charge in [0, 0.05) is 49.4 Å². The Hall–Kier alpha value is -4.03. The molecule has 2 aliphatic heterocycles. The molecule has 4 heterocycles. The lowest BCUT2D eigenvalue weighted by Crippen LogP contribution is -2.33. The molecule has 2 aromatic heterocycles. The van der Waals surface area contributed by atoms with E-state index in [1.807, 2.05) is 0 Å². The number of benzene rings is 2. The fraction of sp³-hybridized carbons (Fsp3) is 0.367. The Morgan fingerprint density at radius 2 is 1.85 bits per heavy atom. The Labute approximate surface area is 226 Å². The SMILES string of the molecule is C#Cc1c(F)ccc2cc(O)cc(-c3ncc4c(N5CCCCC5)nc(N5CCC(N(C)C)C5)nc4c3F)c12. The van der Waals surface area contributed by atoms with Gasteiger partial charge < -0.3 is 19.8 Å². The standard InChI is InChI=1S/C30H30F2N6O/c1-4-21-24(31)9-8-18-14-20(39)15-22(25(18)21)27-26(32)28-23(16-33-27)29(37-11-6-5-7-12-37)35-30(34-28)38-13-10-19(17-38)36(2)3/h1,8-9,14-16,19,39H,5-7,10-13,17H2,2-3H3. The number of aromatic hydroxyl groups is 1. The zero-order valence-corrected chi connectivity index (χ0v) is 22.1. The van der Waals surface area contributed by atoms with E-state index in [2.05, 4.69) is 39.7 Å². The van der Waals surface area contributed by atoms with Gasteiger partial charge in [-0.1, -0.05) is 12.0 Å². The van der Waals surface area contributed by atoms with Gasteiger partial charge in [0.15, 0.2) is 5.82 Å². The first-order chi connectivity index (χ1) is 18.9. The van der Waals surface area contributed by atoms with E-state index in [1.54, 1.807) is 6.20 Å². The minimum absolute atomic E-state index is 0.00651. The molecular weight excluding hydrogens is 498 g/mol. The minimum atomic E-state index is -0.656. The summed E-state index contributed by atoms with van der Waals surface area (Å²) in [5, 5.41) is 11.8. The molecule has 0 saturated carbocycles. The number of terminal acetylenes is 1. The molecule has 2 aromatic carbocycles. The van der Waals surface area contributed by atoms with Crippen molar-refractivity contribution in [1.29, 1.82) is 0 Å². The number of pyridine rings is 1. The van der Waals surface area contributed by atoms with E-state index in [0.29, 0.717) is 34.0 Å². The van der Waals surface area contributed by atoms with Crippen molar-refractivity contribution in [1.82, 2.24) is 19.9 Å². The van der Waals surface area contributed by atoms with Crippen LogP contribution in [-0.4, -0.2) is 71.3 Å². The first kappa shape index (κ1) is 25.3. The number of hydrogen-bond acceptors (Lipinski definition) is 7. The van der Waals surface area contributed by atoms with Gasteiger partial charge >= 0.3 is 0 Å². The number of piperidine rings is 1. The summed E-state index contributed by atoms with van der Waals surface area (Å²) in [5.74, 6) is 2.20. The largest absolute Gasteiger partial charge is 0.508 e. The van der Waals surface area contributed by atoms with Crippen molar-refractivity contribution in [3.63, 3.8) is 0 Å². The van der Waals surface area contributed by atoms with Crippen LogP contribution in [-0.2, 0) is 0 Å². The first-order valence-corrected chi connectivity index (χ1v) is 13.3. The van der Waals surface area contributed by atoms with Gasteiger partial charge in [-0.05, 0) is 63.4 Å². The van der Waals surface area contributed by atoms with Crippen LogP contribution in [0.4, 0.5) is 20.5 Å². The lowest BCUT2D eigenvalue weighted by Gasteiger charge is -2.30. The zero-order valence-electron chi connectivity index (χ0n) is 22.1. The van der Waals surface area contributed by atoms with E-state index < -0.39 is 11.6 Å². The highest BCUT2D eigenvalue weighted by atomic mass is 19.1. The Morgan fingerprint density at radius 3 is 2.56 bits per heavy atom. The van der Waals surface area contributed by atoms with Crippen molar-refractivity contribution in [3.05, 3.63) is 47.7 Å². The molecule has 4 aromatic rings. The number of nitrogens with zero attached hydrogens (tertiary/aromatic N) is 6. The van der Waals surface area contributed by atoms with Crippen molar-refractivity contribution in [3.8, 4) is 29.4 Å². The molecule has 0 aliphatic carbocycles. The first-order valence-electron chi connectivity index (χ1n) is 13.3.